The van der Waals surface area contributed by atoms with Gasteiger partial charge >= 0.3 is 0 Å². The zero-order valence-electron chi connectivity index (χ0n) is 10.0. The zero-order chi connectivity index (χ0) is 11.8. The molecule has 3 heteroatoms. The smallest absolute Gasteiger partial charge is 0.0513 e. The van der Waals surface area contributed by atoms with Crippen LogP contribution in [0.4, 0.5) is 5.69 Å². The van der Waals surface area contributed by atoms with Gasteiger partial charge in [-0.05, 0) is 65.2 Å². The summed E-state index contributed by atoms with van der Waals surface area (Å²) in [5, 5.41) is 0. The van der Waals surface area contributed by atoms with Gasteiger partial charge in [-0.15, -0.1) is 0 Å². The predicted octanol–water partition coefficient (Wildman–Crippen LogP) is 3.29. The van der Waals surface area contributed by atoms with Crippen molar-refractivity contribution in [2.75, 3.05) is 11.4 Å². The van der Waals surface area contributed by atoms with Crippen molar-refractivity contribution in [1.29, 1.82) is 0 Å². The lowest BCUT2D eigenvalue weighted by Crippen LogP contribution is -2.28. The summed E-state index contributed by atoms with van der Waals surface area (Å²) in [7, 11) is 0. The third-order valence-electron chi connectivity index (χ3n) is 3.70. The van der Waals surface area contributed by atoms with E-state index in [1.54, 1.807) is 0 Å². The summed E-state index contributed by atoms with van der Waals surface area (Å²) in [5.41, 5.74) is 8.23. The summed E-state index contributed by atoms with van der Waals surface area (Å²) < 4.78 is 1.20. The van der Waals surface area contributed by atoms with E-state index in [0.29, 0.717) is 6.54 Å². The summed E-state index contributed by atoms with van der Waals surface area (Å²) in [6.45, 7) is 1.86. The van der Waals surface area contributed by atoms with Gasteiger partial charge < -0.3 is 10.6 Å². The molecule has 2 aliphatic rings. The Balaban J connectivity index is 1.83. The minimum Gasteiger partial charge on any atom is -0.367 e. The lowest BCUT2D eigenvalue weighted by molar-refractivity contribution is 0.717. The highest BCUT2D eigenvalue weighted by molar-refractivity contribution is 9.10. The molecule has 3 rings (SSSR count). The molecule has 0 saturated heterocycles. The number of hydrogen-bond acceptors (Lipinski definition) is 2. The minimum atomic E-state index is 0.616. The number of anilines is 1. The summed E-state index contributed by atoms with van der Waals surface area (Å²) in [5.74, 6) is 0.941. The SMILES string of the molecule is NCc1ccc(N(CC2CC2)C2CC2)c(Br)c1. The summed E-state index contributed by atoms with van der Waals surface area (Å²) in [4.78, 5) is 2.60. The topological polar surface area (TPSA) is 29.3 Å². The van der Waals surface area contributed by atoms with Gasteiger partial charge in [-0.3, -0.25) is 0 Å². The van der Waals surface area contributed by atoms with Crippen LogP contribution >= 0.6 is 15.9 Å². The Kier molecular flexibility index (Phi) is 3.14. The molecule has 2 saturated carbocycles. The molecule has 2 fully saturated rings. The molecule has 0 spiro atoms. The molecule has 0 radical (unpaired) electrons. The molecule has 0 unspecified atom stereocenters. The number of halogens is 1. The van der Waals surface area contributed by atoms with E-state index in [2.05, 4.69) is 39.0 Å². The van der Waals surface area contributed by atoms with Crippen LogP contribution in [0.3, 0.4) is 0 Å². The fourth-order valence-electron chi connectivity index (χ4n) is 2.32. The average Bonchev–Trinajstić information content (AvgIpc) is 3.18. The number of rotatable bonds is 5. The van der Waals surface area contributed by atoms with Crippen LogP contribution in [0.1, 0.15) is 31.2 Å². The molecule has 1 aromatic rings. The maximum atomic E-state index is 5.67. The average molecular weight is 295 g/mol. The second-order valence-corrected chi connectivity index (χ2v) is 6.17. The van der Waals surface area contributed by atoms with E-state index in [9.17, 15) is 0 Å². The van der Waals surface area contributed by atoms with Crippen LogP contribution in [0.15, 0.2) is 22.7 Å². The molecule has 1 aromatic carbocycles. The molecule has 92 valence electrons. The predicted molar refractivity (Wildman–Crippen MR) is 75.1 cm³/mol. The lowest BCUT2D eigenvalue weighted by Gasteiger charge is -2.26. The van der Waals surface area contributed by atoms with Crippen molar-refractivity contribution in [3.63, 3.8) is 0 Å². The van der Waals surface area contributed by atoms with Gasteiger partial charge in [0.2, 0.25) is 0 Å². The van der Waals surface area contributed by atoms with Crippen molar-refractivity contribution in [2.45, 2.75) is 38.3 Å². The standard InChI is InChI=1S/C14H19BrN2/c15-13-7-11(8-16)3-6-14(13)17(12-4-5-12)9-10-1-2-10/h3,6-7,10,12H,1-2,4-5,8-9,16H2. The van der Waals surface area contributed by atoms with Crippen LogP contribution in [0.25, 0.3) is 0 Å². The van der Waals surface area contributed by atoms with Crippen molar-refractivity contribution < 1.29 is 0 Å². The normalized spacial score (nSPS) is 19.4. The number of benzene rings is 1. The third kappa shape index (κ3) is 2.66. The second kappa shape index (κ2) is 4.62. The molecule has 17 heavy (non-hydrogen) atoms. The van der Waals surface area contributed by atoms with Gasteiger partial charge in [-0.1, -0.05) is 6.07 Å². The Morgan fingerprint density at radius 3 is 2.53 bits per heavy atom. The van der Waals surface area contributed by atoms with Crippen LogP contribution in [-0.4, -0.2) is 12.6 Å². The van der Waals surface area contributed by atoms with Gasteiger partial charge in [0.1, 0.15) is 0 Å². The Morgan fingerprint density at radius 2 is 2.00 bits per heavy atom. The molecule has 2 nitrogen and oxygen atoms in total. The first kappa shape index (κ1) is 11.5. The Morgan fingerprint density at radius 1 is 1.24 bits per heavy atom. The van der Waals surface area contributed by atoms with Crippen LogP contribution in [0.5, 0.6) is 0 Å². The van der Waals surface area contributed by atoms with Crippen LogP contribution in [0.2, 0.25) is 0 Å². The van der Waals surface area contributed by atoms with Gasteiger partial charge in [-0.25, -0.2) is 0 Å². The van der Waals surface area contributed by atoms with Gasteiger partial charge in [0.25, 0.3) is 0 Å². The van der Waals surface area contributed by atoms with E-state index in [0.717, 1.165) is 12.0 Å². The summed E-state index contributed by atoms with van der Waals surface area (Å²) in [6.07, 6.45) is 5.55. The van der Waals surface area contributed by atoms with E-state index in [-0.39, 0.29) is 0 Å². The molecule has 0 amide bonds. The first-order chi connectivity index (χ1) is 8.28. The third-order valence-corrected chi connectivity index (χ3v) is 4.33. The first-order valence-electron chi connectivity index (χ1n) is 6.53. The highest BCUT2D eigenvalue weighted by Gasteiger charge is 2.34. The van der Waals surface area contributed by atoms with Crippen LogP contribution in [0, 0.1) is 5.92 Å². The van der Waals surface area contributed by atoms with Crippen molar-refractivity contribution in [3.8, 4) is 0 Å². The fourth-order valence-corrected chi connectivity index (χ4v) is 2.97. The summed E-state index contributed by atoms with van der Waals surface area (Å²) >= 11 is 3.70. The van der Waals surface area contributed by atoms with Crippen LogP contribution < -0.4 is 10.6 Å². The van der Waals surface area contributed by atoms with E-state index in [1.165, 1.54) is 48.0 Å². The first-order valence-corrected chi connectivity index (χ1v) is 7.32. The quantitative estimate of drug-likeness (QED) is 0.903. The maximum Gasteiger partial charge on any atom is 0.0513 e. The van der Waals surface area contributed by atoms with E-state index < -0.39 is 0 Å². The zero-order valence-corrected chi connectivity index (χ0v) is 11.6. The van der Waals surface area contributed by atoms with Gasteiger partial charge in [0.05, 0.1) is 5.69 Å². The minimum absolute atomic E-state index is 0.616. The van der Waals surface area contributed by atoms with Gasteiger partial charge in [-0.2, -0.15) is 0 Å². The van der Waals surface area contributed by atoms with Crippen molar-refractivity contribution >= 4 is 21.6 Å². The monoisotopic (exact) mass is 294 g/mol. The molecule has 2 aliphatic carbocycles. The fraction of sp³-hybridized carbons (Fsp3) is 0.571. The van der Waals surface area contributed by atoms with Crippen molar-refractivity contribution in [1.82, 2.24) is 0 Å². The molecule has 0 aliphatic heterocycles. The highest BCUT2D eigenvalue weighted by atomic mass is 79.9. The Hall–Kier alpha value is -0.540. The van der Waals surface area contributed by atoms with Crippen molar-refractivity contribution in [3.05, 3.63) is 28.2 Å². The van der Waals surface area contributed by atoms with Crippen molar-refractivity contribution in [2.24, 2.45) is 11.7 Å². The number of hydrogen-bond donors (Lipinski definition) is 1. The Bertz CT molecular complexity index is 411. The van der Waals surface area contributed by atoms with E-state index >= 15 is 0 Å². The number of nitrogens with two attached hydrogens (primary N) is 1. The molecule has 0 heterocycles. The molecular weight excluding hydrogens is 276 g/mol. The maximum absolute atomic E-state index is 5.67. The summed E-state index contributed by atoms with van der Waals surface area (Å²) in [6, 6.07) is 7.34. The van der Waals surface area contributed by atoms with Crippen LogP contribution in [-0.2, 0) is 6.54 Å². The van der Waals surface area contributed by atoms with Gasteiger partial charge in [0.15, 0.2) is 0 Å². The number of nitrogens with zero attached hydrogens (tertiary/aromatic N) is 1. The second-order valence-electron chi connectivity index (χ2n) is 5.32. The van der Waals surface area contributed by atoms with E-state index in [1.807, 2.05) is 0 Å². The molecule has 0 atom stereocenters. The lowest BCUT2D eigenvalue weighted by atomic mass is 10.2. The molecule has 0 bridgehead atoms. The van der Waals surface area contributed by atoms with E-state index in [4.69, 9.17) is 5.73 Å². The van der Waals surface area contributed by atoms with Gasteiger partial charge in [0, 0.05) is 23.6 Å². The molecule has 0 aromatic heterocycles. The highest BCUT2D eigenvalue weighted by Crippen LogP contribution is 2.40. The molecular formula is C14H19BrN2. The molecule has 2 N–H and O–H groups in total. The Labute approximate surface area is 111 Å². The largest absolute Gasteiger partial charge is 0.367 e.